The van der Waals surface area contributed by atoms with Gasteiger partial charge < -0.3 is 4.90 Å². The van der Waals surface area contributed by atoms with E-state index >= 15 is 0 Å². The number of hydrogen-bond donors (Lipinski definition) is 1. The largest absolute Gasteiger partial charge is 0.342 e. The lowest BCUT2D eigenvalue weighted by molar-refractivity contribution is -0.132. The van der Waals surface area contributed by atoms with Crippen molar-refractivity contribution in [1.29, 1.82) is 5.26 Å². The highest BCUT2D eigenvalue weighted by Gasteiger charge is 2.31. The number of hydrogen-bond acceptors (Lipinski definition) is 3. The molecule has 0 aliphatic carbocycles. The number of amides is 1. The number of carbonyl (C=O) groups is 1. The lowest BCUT2D eigenvalue weighted by Crippen LogP contribution is -2.42. The summed E-state index contributed by atoms with van der Waals surface area (Å²) >= 11 is 0. The standard InChI is InChI=1S/C14H20N4O/c1-10-12(11(2)17-16-10)8-13(19)18-6-4-14(3,9-15)5-7-18/h4-8H2,1-3H3,(H,16,17). The fraction of sp³-hybridized carbons (Fsp3) is 0.643. The van der Waals surface area contributed by atoms with Crippen LogP contribution in [0, 0.1) is 30.6 Å². The van der Waals surface area contributed by atoms with Crippen LogP contribution in [-0.4, -0.2) is 34.1 Å². The molecule has 1 amide bonds. The first-order chi connectivity index (χ1) is 8.95. The number of rotatable bonds is 2. The molecule has 1 aromatic rings. The molecule has 0 aromatic carbocycles. The van der Waals surface area contributed by atoms with Gasteiger partial charge in [0.2, 0.25) is 5.91 Å². The number of H-pyrrole nitrogens is 1. The van der Waals surface area contributed by atoms with E-state index in [0.717, 1.165) is 29.8 Å². The van der Waals surface area contributed by atoms with Gasteiger partial charge in [-0.25, -0.2) is 0 Å². The number of likely N-dealkylation sites (tertiary alicyclic amines) is 1. The van der Waals surface area contributed by atoms with Gasteiger partial charge in [-0.2, -0.15) is 10.4 Å². The average molecular weight is 260 g/mol. The van der Waals surface area contributed by atoms with Crippen LogP contribution >= 0.6 is 0 Å². The molecule has 1 N–H and O–H groups in total. The third kappa shape index (κ3) is 2.78. The zero-order valence-electron chi connectivity index (χ0n) is 11.8. The van der Waals surface area contributed by atoms with E-state index in [9.17, 15) is 4.79 Å². The molecule has 0 radical (unpaired) electrons. The fourth-order valence-corrected chi connectivity index (χ4v) is 2.46. The molecule has 2 heterocycles. The summed E-state index contributed by atoms with van der Waals surface area (Å²) in [6.45, 7) is 7.18. The second-order valence-corrected chi connectivity index (χ2v) is 5.64. The Bertz CT molecular complexity index is 499. The van der Waals surface area contributed by atoms with Crippen molar-refractivity contribution >= 4 is 5.91 Å². The van der Waals surface area contributed by atoms with Crippen LogP contribution < -0.4 is 0 Å². The van der Waals surface area contributed by atoms with Gasteiger partial charge in [0.05, 0.1) is 23.6 Å². The van der Waals surface area contributed by atoms with Gasteiger partial charge in [0.1, 0.15) is 0 Å². The van der Waals surface area contributed by atoms with Crippen LogP contribution in [-0.2, 0) is 11.2 Å². The maximum Gasteiger partial charge on any atom is 0.227 e. The lowest BCUT2D eigenvalue weighted by atomic mass is 9.82. The number of nitrogens with one attached hydrogen (secondary N) is 1. The van der Waals surface area contributed by atoms with Crippen LogP contribution in [0.3, 0.4) is 0 Å². The summed E-state index contributed by atoms with van der Waals surface area (Å²) in [4.78, 5) is 14.1. The minimum atomic E-state index is -0.266. The van der Waals surface area contributed by atoms with Crippen LogP contribution in [0.15, 0.2) is 0 Å². The van der Waals surface area contributed by atoms with E-state index in [0.29, 0.717) is 19.5 Å². The van der Waals surface area contributed by atoms with Gasteiger partial charge in [-0.3, -0.25) is 9.89 Å². The Morgan fingerprint density at radius 2 is 2.11 bits per heavy atom. The Hall–Kier alpha value is -1.83. The van der Waals surface area contributed by atoms with Crippen molar-refractivity contribution < 1.29 is 4.79 Å². The summed E-state index contributed by atoms with van der Waals surface area (Å²) < 4.78 is 0. The maximum atomic E-state index is 12.3. The van der Waals surface area contributed by atoms with Gasteiger partial charge >= 0.3 is 0 Å². The molecule has 102 valence electrons. The molecule has 1 fully saturated rings. The van der Waals surface area contributed by atoms with Crippen molar-refractivity contribution in [1.82, 2.24) is 15.1 Å². The second-order valence-electron chi connectivity index (χ2n) is 5.64. The summed E-state index contributed by atoms with van der Waals surface area (Å²) in [5.41, 5.74) is 2.59. The minimum absolute atomic E-state index is 0.132. The topological polar surface area (TPSA) is 72.8 Å². The van der Waals surface area contributed by atoms with Crippen LogP contribution in [0.2, 0.25) is 0 Å². The van der Waals surface area contributed by atoms with Crippen molar-refractivity contribution in [3.8, 4) is 6.07 Å². The van der Waals surface area contributed by atoms with E-state index in [4.69, 9.17) is 5.26 Å². The fourth-order valence-electron chi connectivity index (χ4n) is 2.46. The number of nitriles is 1. The van der Waals surface area contributed by atoms with Crippen LogP contribution in [0.1, 0.15) is 36.7 Å². The molecule has 1 aliphatic rings. The molecule has 2 rings (SSSR count). The normalized spacial score (nSPS) is 18.1. The van der Waals surface area contributed by atoms with E-state index < -0.39 is 0 Å². The second kappa shape index (κ2) is 5.04. The Morgan fingerprint density at radius 1 is 1.47 bits per heavy atom. The highest BCUT2D eigenvalue weighted by molar-refractivity contribution is 5.79. The van der Waals surface area contributed by atoms with E-state index in [-0.39, 0.29) is 11.3 Å². The Morgan fingerprint density at radius 3 is 2.58 bits per heavy atom. The Kier molecular flexibility index (Phi) is 3.61. The van der Waals surface area contributed by atoms with Crippen LogP contribution in [0.25, 0.3) is 0 Å². The SMILES string of the molecule is Cc1n[nH]c(C)c1CC(=O)N1CCC(C)(C#N)CC1. The molecule has 1 aromatic heterocycles. The summed E-state index contributed by atoms with van der Waals surface area (Å²) in [6.07, 6.45) is 1.93. The third-order valence-electron chi connectivity index (χ3n) is 4.10. The molecule has 1 saturated heterocycles. The monoisotopic (exact) mass is 260 g/mol. The van der Waals surface area contributed by atoms with Crippen molar-refractivity contribution in [2.75, 3.05) is 13.1 Å². The van der Waals surface area contributed by atoms with Gasteiger partial charge in [-0.15, -0.1) is 0 Å². The van der Waals surface area contributed by atoms with Gasteiger partial charge in [0.15, 0.2) is 0 Å². The van der Waals surface area contributed by atoms with Crippen LogP contribution in [0.5, 0.6) is 0 Å². The molecule has 0 bridgehead atoms. The Labute approximate surface area is 113 Å². The van der Waals surface area contributed by atoms with E-state index in [2.05, 4.69) is 16.3 Å². The smallest absolute Gasteiger partial charge is 0.227 e. The summed E-state index contributed by atoms with van der Waals surface area (Å²) in [7, 11) is 0. The number of aromatic nitrogens is 2. The highest BCUT2D eigenvalue weighted by atomic mass is 16.2. The first-order valence-electron chi connectivity index (χ1n) is 6.65. The molecule has 0 spiro atoms. The van der Waals surface area contributed by atoms with Gasteiger partial charge in [0.25, 0.3) is 0 Å². The Balaban J connectivity index is 1.98. The zero-order valence-corrected chi connectivity index (χ0v) is 11.8. The quantitative estimate of drug-likeness (QED) is 0.880. The van der Waals surface area contributed by atoms with Gasteiger partial charge in [-0.1, -0.05) is 0 Å². The van der Waals surface area contributed by atoms with E-state index in [1.807, 2.05) is 25.7 Å². The number of nitrogens with zero attached hydrogens (tertiary/aromatic N) is 3. The minimum Gasteiger partial charge on any atom is -0.342 e. The van der Waals surface area contributed by atoms with Crippen molar-refractivity contribution in [2.45, 2.75) is 40.0 Å². The van der Waals surface area contributed by atoms with Crippen LogP contribution in [0.4, 0.5) is 0 Å². The van der Waals surface area contributed by atoms with Crippen molar-refractivity contribution in [2.24, 2.45) is 5.41 Å². The molecule has 0 unspecified atom stereocenters. The molecule has 19 heavy (non-hydrogen) atoms. The number of aryl methyl sites for hydroxylation is 2. The molecular weight excluding hydrogens is 240 g/mol. The number of carbonyl (C=O) groups excluding carboxylic acids is 1. The van der Waals surface area contributed by atoms with Gasteiger partial charge in [0, 0.05) is 24.3 Å². The van der Waals surface area contributed by atoms with Crippen molar-refractivity contribution in [3.05, 3.63) is 17.0 Å². The lowest BCUT2D eigenvalue weighted by Gasteiger charge is -2.35. The first kappa shape index (κ1) is 13.6. The predicted octanol–water partition coefficient (Wildman–Crippen LogP) is 1.72. The average Bonchev–Trinajstić information content (AvgIpc) is 2.71. The van der Waals surface area contributed by atoms with E-state index in [1.165, 1.54) is 0 Å². The molecule has 5 nitrogen and oxygen atoms in total. The summed E-state index contributed by atoms with van der Waals surface area (Å²) in [5.74, 6) is 0.132. The predicted molar refractivity (Wildman–Crippen MR) is 71.3 cm³/mol. The zero-order chi connectivity index (χ0) is 14.0. The maximum absolute atomic E-state index is 12.3. The van der Waals surface area contributed by atoms with Gasteiger partial charge in [-0.05, 0) is 33.6 Å². The number of aromatic amines is 1. The highest BCUT2D eigenvalue weighted by Crippen LogP contribution is 2.30. The van der Waals surface area contributed by atoms with Crippen molar-refractivity contribution in [3.63, 3.8) is 0 Å². The number of piperidine rings is 1. The molecule has 5 heteroatoms. The molecule has 1 aliphatic heterocycles. The first-order valence-corrected chi connectivity index (χ1v) is 6.65. The summed E-state index contributed by atoms with van der Waals surface area (Å²) in [5, 5.41) is 16.1. The molecule has 0 atom stereocenters. The molecule has 0 saturated carbocycles. The third-order valence-corrected chi connectivity index (χ3v) is 4.10. The summed E-state index contributed by atoms with van der Waals surface area (Å²) in [6, 6.07) is 2.35. The van der Waals surface area contributed by atoms with E-state index in [1.54, 1.807) is 0 Å². The molecular formula is C14H20N4O.